The van der Waals surface area contributed by atoms with Crippen molar-refractivity contribution >= 4 is 33.4 Å². The lowest BCUT2D eigenvalue weighted by Crippen LogP contribution is -2.09. The van der Waals surface area contributed by atoms with Crippen LogP contribution in [0.2, 0.25) is 0 Å². The summed E-state index contributed by atoms with van der Waals surface area (Å²) in [5.74, 6) is -0.0157. The van der Waals surface area contributed by atoms with Crippen LogP contribution in [-0.4, -0.2) is 38.2 Å². The number of aromatic nitrogens is 5. The quantitative estimate of drug-likeness (QED) is 0.245. The van der Waals surface area contributed by atoms with Crippen LogP contribution < -0.4 is 10.1 Å². The predicted molar refractivity (Wildman–Crippen MR) is 145 cm³/mol. The topological polar surface area (TPSA) is 109 Å². The third-order valence-electron chi connectivity index (χ3n) is 6.46. The Labute approximate surface area is 216 Å². The molecule has 0 saturated heterocycles. The monoisotopic (exact) mass is 506 g/mol. The number of pyridine rings is 2. The summed E-state index contributed by atoms with van der Waals surface area (Å²) in [5.41, 5.74) is 7.11. The minimum atomic E-state index is -0.384. The van der Waals surface area contributed by atoms with Crippen LogP contribution in [0.15, 0.2) is 73.3 Å². The SMILES string of the molecule is CCC(=O)Nc1cncc(-c2ccc3[nH]nc(-c4cc5c(-c6cc(F)cc(OC)c6)cncc5[nH]4)c3c2)c1. The number of ether oxygens (including phenoxy) is 1. The maximum atomic E-state index is 14.2. The van der Waals surface area contributed by atoms with E-state index in [1.807, 2.05) is 30.3 Å². The number of nitrogens with zero attached hydrogens (tertiary/aromatic N) is 3. The Bertz CT molecular complexity index is 1820. The molecule has 0 radical (unpaired) electrons. The lowest BCUT2D eigenvalue weighted by molar-refractivity contribution is -0.115. The van der Waals surface area contributed by atoms with Crippen molar-refractivity contribution in [2.75, 3.05) is 12.4 Å². The van der Waals surface area contributed by atoms with Gasteiger partial charge in [-0.25, -0.2) is 4.39 Å². The molecule has 8 nitrogen and oxygen atoms in total. The first-order valence-electron chi connectivity index (χ1n) is 12.1. The Balaban J connectivity index is 1.43. The zero-order chi connectivity index (χ0) is 26.2. The fraction of sp³-hybridized carbons (Fsp3) is 0.103. The average Bonchev–Trinajstić information content (AvgIpc) is 3.56. The number of aromatic amines is 2. The van der Waals surface area contributed by atoms with Crippen LogP contribution in [0.25, 0.3) is 55.4 Å². The number of anilines is 1. The molecule has 0 aliphatic carbocycles. The molecular formula is C29H23FN6O2. The van der Waals surface area contributed by atoms with Crippen molar-refractivity contribution in [2.24, 2.45) is 0 Å². The van der Waals surface area contributed by atoms with Crippen LogP contribution >= 0.6 is 0 Å². The van der Waals surface area contributed by atoms with Gasteiger partial charge in [-0.3, -0.25) is 19.9 Å². The third-order valence-corrected chi connectivity index (χ3v) is 6.46. The fourth-order valence-corrected chi connectivity index (χ4v) is 4.56. The molecule has 38 heavy (non-hydrogen) atoms. The second-order valence-electron chi connectivity index (χ2n) is 8.91. The van der Waals surface area contributed by atoms with Crippen molar-refractivity contribution in [1.82, 2.24) is 25.1 Å². The molecule has 2 aromatic carbocycles. The van der Waals surface area contributed by atoms with Crippen molar-refractivity contribution in [3.05, 3.63) is 79.1 Å². The summed E-state index contributed by atoms with van der Waals surface area (Å²) >= 11 is 0. The van der Waals surface area contributed by atoms with Gasteiger partial charge in [0.2, 0.25) is 5.91 Å². The summed E-state index contributed by atoms with van der Waals surface area (Å²) in [6.45, 7) is 1.80. The second kappa shape index (κ2) is 9.44. The fourth-order valence-electron chi connectivity index (χ4n) is 4.56. The van der Waals surface area contributed by atoms with Gasteiger partial charge < -0.3 is 15.0 Å². The molecule has 3 N–H and O–H groups in total. The van der Waals surface area contributed by atoms with E-state index in [1.54, 1.807) is 37.8 Å². The lowest BCUT2D eigenvalue weighted by Gasteiger charge is -2.07. The number of methoxy groups -OCH3 is 1. The zero-order valence-corrected chi connectivity index (χ0v) is 20.7. The molecule has 9 heteroatoms. The molecule has 0 unspecified atom stereocenters. The van der Waals surface area contributed by atoms with E-state index in [-0.39, 0.29) is 11.7 Å². The Morgan fingerprint density at radius 1 is 0.921 bits per heavy atom. The number of hydrogen-bond acceptors (Lipinski definition) is 5. The van der Waals surface area contributed by atoms with Crippen LogP contribution in [0, 0.1) is 5.82 Å². The number of carbonyl (C=O) groups excluding carboxylic acids is 1. The molecule has 0 bridgehead atoms. The molecule has 188 valence electrons. The van der Waals surface area contributed by atoms with E-state index in [0.29, 0.717) is 23.4 Å². The molecule has 0 aliphatic rings. The van der Waals surface area contributed by atoms with Crippen LogP contribution in [0.1, 0.15) is 13.3 Å². The number of benzene rings is 2. The highest BCUT2D eigenvalue weighted by Crippen LogP contribution is 2.36. The molecule has 6 rings (SSSR count). The minimum absolute atomic E-state index is 0.0686. The number of hydrogen-bond donors (Lipinski definition) is 3. The van der Waals surface area contributed by atoms with Crippen molar-refractivity contribution in [3.8, 4) is 39.4 Å². The van der Waals surface area contributed by atoms with Gasteiger partial charge in [-0.2, -0.15) is 5.10 Å². The Morgan fingerprint density at radius 2 is 1.79 bits per heavy atom. The maximum Gasteiger partial charge on any atom is 0.224 e. The highest BCUT2D eigenvalue weighted by Gasteiger charge is 2.16. The van der Waals surface area contributed by atoms with Gasteiger partial charge in [0.1, 0.15) is 17.3 Å². The van der Waals surface area contributed by atoms with Gasteiger partial charge in [0.25, 0.3) is 0 Å². The number of nitrogens with one attached hydrogen (secondary N) is 3. The largest absolute Gasteiger partial charge is 0.497 e. The molecule has 0 saturated carbocycles. The van der Waals surface area contributed by atoms with E-state index in [2.05, 4.69) is 30.5 Å². The third kappa shape index (κ3) is 4.24. The van der Waals surface area contributed by atoms with Crippen LogP contribution in [0.3, 0.4) is 0 Å². The number of halogens is 1. The molecule has 0 spiro atoms. The number of amides is 1. The molecule has 0 fully saturated rings. The smallest absolute Gasteiger partial charge is 0.224 e. The van der Waals surface area contributed by atoms with Gasteiger partial charge in [0, 0.05) is 46.8 Å². The number of carbonyl (C=O) groups is 1. The van der Waals surface area contributed by atoms with Gasteiger partial charge in [0.15, 0.2) is 0 Å². The van der Waals surface area contributed by atoms with E-state index in [9.17, 15) is 9.18 Å². The van der Waals surface area contributed by atoms with Gasteiger partial charge in [0.05, 0.1) is 41.9 Å². The van der Waals surface area contributed by atoms with Crippen molar-refractivity contribution in [3.63, 3.8) is 0 Å². The molecular weight excluding hydrogens is 483 g/mol. The second-order valence-corrected chi connectivity index (χ2v) is 8.91. The number of rotatable bonds is 6. The highest BCUT2D eigenvalue weighted by molar-refractivity contribution is 6.01. The van der Waals surface area contributed by atoms with E-state index < -0.39 is 0 Å². The van der Waals surface area contributed by atoms with Crippen molar-refractivity contribution < 1.29 is 13.9 Å². The first-order valence-corrected chi connectivity index (χ1v) is 12.1. The van der Waals surface area contributed by atoms with E-state index in [4.69, 9.17) is 4.74 Å². The Hall–Kier alpha value is -5.05. The maximum absolute atomic E-state index is 14.2. The number of H-pyrrole nitrogens is 2. The summed E-state index contributed by atoms with van der Waals surface area (Å²) in [7, 11) is 1.51. The molecule has 0 aliphatic heterocycles. The van der Waals surface area contributed by atoms with Gasteiger partial charge in [-0.1, -0.05) is 13.0 Å². The first-order chi connectivity index (χ1) is 18.5. The van der Waals surface area contributed by atoms with Crippen LogP contribution in [-0.2, 0) is 4.79 Å². The lowest BCUT2D eigenvalue weighted by atomic mass is 10.0. The standard InChI is InChI=1S/C29H23FN6O2/c1-3-28(37)33-20-7-18(12-31-13-20)16-4-5-25-23(9-16)29(36-35-25)26-11-22-24(14-32-15-27(22)34-26)17-6-19(30)10-21(8-17)38-2/h4-15,34H,3H2,1-2H3,(H,33,37)(H,35,36). The van der Waals surface area contributed by atoms with Crippen molar-refractivity contribution in [1.29, 1.82) is 0 Å². The Morgan fingerprint density at radius 3 is 2.63 bits per heavy atom. The summed E-state index contributed by atoms with van der Waals surface area (Å²) in [6.07, 6.45) is 7.23. The van der Waals surface area contributed by atoms with E-state index >= 15 is 0 Å². The highest BCUT2D eigenvalue weighted by atomic mass is 19.1. The van der Waals surface area contributed by atoms with Crippen LogP contribution in [0.5, 0.6) is 5.75 Å². The van der Waals surface area contributed by atoms with Crippen molar-refractivity contribution in [2.45, 2.75) is 13.3 Å². The number of fused-ring (bicyclic) bond motifs is 2. The van der Waals surface area contributed by atoms with E-state index in [0.717, 1.165) is 49.9 Å². The van der Waals surface area contributed by atoms with Crippen LogP contribution in [0.4, 0.5) is 10.1 Å². The Kier molecular flexibility index (Phi) is 5.80. The normalized spacial score (nSPS) is 11.2. The first kappa shape index (κ1) is 23.4. The minimum Gasteiger partial charge on any atom is -0.497 e. The molecule has 6 aromatic rings. The summed E-state index contributed by atoms with van der Waals surface area (Å²) in [5, 5.41) is 12.3. The molecule has 1 amide bonds. The summed E-state index contributed by atoms with van der Waals surface area (Å²) in [6, 6.07) is 14.5. The molecule has 0 atom stereocenters. The average molecular weight is 507 g/mol. The van der Waals surface area contributed by atoms with E-state index in [1.165, 1.54) is 19.2 Å². The summed E-state index contributed by atoms with van der Waals surface area (Å²) in [4.78, 5) is 23.9. The molecule has 4 aromatic heterocycles. The molecule has 4 heterocycles. The predicted octanol–water partition coefficient (Wildman–Crippen LogP) is 6.33. The summed E-state index contributed by atoms with van der Waals surface area (Å²) < 4.78 is 19.5. The van der Waals surface area contributed by atoms with Gasteiger partial charge in [-0.15, -0.1) is 0 Å². The van der Waals surface area contributed by atoms with Gasteiger partial charge in [-0.05, 0) is 47.5 Å². The van der Waals surface area contributed by atoms with Gasteiger partial charge >= 0.3 is 0 Å². The zero-order valence-electron chi connectivity index (χ0n) is 20.7.